The lowest BCUT2D eigenvalue weighted by Gasteiger charge is -2.34. The molecule has 1 saturated heterocycles. The largest absolute Gasteiger partial charge is 0.492 e. The van der Waals surface area contributed by atoms with E-state index in [1.165, 1.54) is 6.07 Å². The number of hydrogen-bond donors (Lipinski definition) is 0. The van der Waals surface area contributed by atoms with Crippen molar-refractivity contribution in [1.82, 2.24) is 14.8 Å². The van der Waals surface area contributed by atoms with E-state index in [9.17, 15) is 13.2 Å². The van der Waals surface area contributed by atoms with E-state index in [1.807, 2.05) is 24.4 Å². The summed E-state index contributed by atoms with van der Waals surface area (Å²) in [6, 6.07) is 11.0. The molecular weight excluding hydrogens is 355 g/mol. The number of aromatic nitrogens is 1. The first-order valence-corrected chi connectivity index (χ1v) is 9.15. The third kappa shape index (κ3) is 6.22. The molecule has 3 rings (SSSR count). The van der Waals surface area contributed by atoms with Crippen LogP contribution in [-0.4, -0.2) is 60.7 Å². The lowest BCUT2D eigenvalue weighted by atomic mass is 10.2. The van der Waals surface area contributed by atoms with E-state index < -0.39 is 11.7 Å². The van der Waals surface area contributed by atoms with Crippen LogP contribution in [-0.2, 0) is 12.6 Å². The maximum atomic E-state index is 12.7. The quantitative estimate of drug-likeness (QED) is 0.738. The molecule has 2 aromatic rings. The number of rotatable bonds is 7. The average Bonchev–Trinajstić information content (AvgIpc) is 2.68. The molecule has 1 aliphatic rings. The standard InChI is InChI=1S/C20H24F3N3O/c21-20(22,23)17-4-3-6-19(16-17)27-15-14-26-12-10-25(11-13-26)9-7-18-5-1-2-8-24-18/h1-6,8,16H,7,9-15H2. The van der Waals surface area contributed by atoms with Crippen LogP contribution in [0.1, 0.15) is 11.3 Å². The fourth-order valence-corrected chi connectivity index (χ4v) is 3.11. The van der Waals surface area contributed by atoms with Gasteiger partial charge in [-0.2, -0.15) is 13.2 Å². The van der Waals surface area contributed by atoms with E-state index in [0.717, 1.165) is 57.0 Å². The van der Waals surface area contributed by atoms with Crippen LogP contribution >= 0.6 is 0 Å². The van der Waals surface area contributed by atoms with Crippen LogP contribution < -0.4 is 4.74 Å². The summed E-state index contributed by atoms with van der Waals surface area (Å²) in [5.41, 5.74) is 0.427. The lowest BCUT2D eigenvalue weighted by Crippen LogP contribution is -2.47. The smallest absolute Gasteiger partial charge is 0.416 e. The SMILES string of the molecule is FC(F)(F)c1cccc(OCCN2CCN(CCc3ccccn3)CC2)c1. The van der Waals surface area contributed by atoms with Crippen molar-refractivity contribution in [3.8, 4) is 5.75 Å². The van der Waals surface area contributed by atoms with Gasteiger partial charge in [-0.3, -0.25) is 9.88 Å². The van der Waals surface area contributed by atoms with Crippen molar-refractivity contribution in [2.75, 3.05) is 45.9 Å². The second kappa shape index (κ2) is 9.19. The Balaban J connectivity index is 1.35. The molecule has 146 valence electrons. The molecule has 0 N–H and O–H groups in total. The number of alkyl halides is 3. The lowest BCUT2D eigenvalue weighted by molar-refractivity contribution is -0.137. The summed E-state index contributed by atoms with van der Waals surface area (Å²) in [6.45, 7) is 5.93. The van der Waals surface area contributed by atoms with Gasteiger partial charge in [-0.15, -0.1) is 0 Å². The Kier molecular flexibility index (Phi) is 6.68. The zero-order valence-corrected chi connectivity index (χ0v) is 15.2. The molecule has 2 heterocycles. The number of nitrogens with zero attached hydrogens (tertiary/aromatic N) is 3. The van der Waals surface area contributed by atoms with E-state index in [1.54, 1.807) is 6.07 Å². The third-order valence-electron chi connectivity index (χ3n) is 4.71. The van der Waals surface area contributed by atoms with Crippen LogP contribution in [0.4, 0.5) is 13.2 Å². The van der Waals surface area contributed by atoms with E-state index in [0.29, 0.717) is 13.2 Å². The summed E-state index contributed by atoms with van der Waals surface area (Å²) < 4.78 is 43.7. The Morgan fingerprint density at radius 1 is 0.926 bits per heavy atom. The zero-order valence-electron chi connectivity index (χ0n) is 15.2. The molecule has 0 radical (unpaired) electrons. The zero-order chi connectivity index (χ0) is 19.1. The fraction of sp³-hybridized carbons (Fsp3) is 0.450. The van der Waals surface area contributed by atoms with Crippen molar-refractivity contribution in [3.05, 3.63) is 59.9 Å². The van der Waals surface area contributed by atoms with Crippen LogP contribution in [0, 0.1) is 0 Å². The highest BCUT2D eigenvalue weighted by Crippen LogP contribution is 2.31. The molecule has 0 atom stereocenters. The fourth-order valence-electron chi connectivity index (χ4n) is 3.11. The number of ether oxygens (including phenoxy) is 1. The minimum atomic E-state index is -4.34. The van der Waals surface area contributed by atoms with Gasteiger partial charge in [-0.25, -0.2) is 0 Å². The second-order valence-corrected chi connectivity index (χ2v) is 6.63. The third-order valence-corrected chi connectivity index (χ3v) is 4.71. The van der Waals surface area contributed by atoms with Gasteiger partial charge in [0.05, 0.1) is 5.56 Å². The van der Waals surface area contributed by atoms with Crippen LogP contribution in [0.5, 0.6) is 5.75 Å². The van der Waals surface area contributed by atoms with Crippen molar-refractivity contribution in [2.45, 2.75) is 12.6 Å². The number of pyridine rings is 1. The summed E-state index contributed by atoms with van der Waals surface area (Å²) >= 11 is 0. The molecule has 1 aliphatic heterocycles. The molecule has 1 aromatic heterocycles. The molecule has 0 spiro atoms. The second-order valence-electron chi connectivity index (χ2n) is 6.63. The molecule has 27 heavy (non-hydrogen) atoms. The summed E-state index contributed by atoms with van der Waals surface area (Å²) in [5.74, 6) is 0.263. The molecule has 1 fully saturated rings. The molecule has 1 aromatic carbocycles. The number of piperazine rings is 1. The van der Waals surface area contributed by atoms with Gasteiger partial charge in [0.1, 0.15) is 12.4 Å². The van der Waals surface area contributed by atoms with Gasteiger partial charge in [0, 0.05) is 57.6 Å². The molecule has 0 amide bonds. The predicted molar refractivity (Wildman–Crippen MR) is 97.8 cm³/mol. The molecule has 0 aliphatic carbocycles. The minimum Gasteiger partial charge on any atom is -0.492 e. The Morgan fingerprint density at radius 2 is 1.67 bits per heavy atom. The summed E-state index contributed by atoms with van der Waals surface area (Å²) in [5, 5.41) is 0. The van der Waals surface area contributed by atoms with E-state index in [4.69, 9.17) is 4.74 Å². The number of halogens is 3. The number of hydrogen-bond acceptors (Lipinski definition) is 4. The first kappa shape index (κ1) is 19.6. The topological polar surface area (TPSA) is 28.6 Å². The van der Waals surface area contributed by atoms with Gasteiger partial charge in [0.15, 0.2) is 0 Å². The molecule has 0 saturated carbocycles. The van der Waals surface area contributed by atoms with Crippen LogP contribution in [0.2, 0.25) is 0 Å². The Hall–Kier alpha value is -2.12. The molecule has 0 unspecified atom stereocenters. The minimum absolute atomic E-state index is 0.263. The monoisotopic (exact) mass is 379 g/mol. The summed E-state index contributed by atoms with van der Waals surface area (Å²) in [6.07, 6.45) is -1.58. The van der Waals surface area contributed by atoms with E-state index in [2.05, 4.69) is 14.8 Å². The van der Waals surface area contributed by atoms with Gasteiger partial charge in [-0.1, -0.05) is 12.1 Å². The van der Waals surface area contributed by atoms with Crippen molar-refractivity contribution in [3.63, 3.8) is 0 Å². The first-order valence-electron chi connectivity index (χ1n) is 9.15. The molecule has 0 bridgehead atoms. The van der Waals surface area contributed by atoms with Crippen molar-refractivity contribution in [1.29, 1.82) is 0 Å². The maximum absolute atomic E-state index is 12.7. The molecule has 7 heteroatoms. The van der Waals surface area contributed by atoms with Gasteiger partial charge in [0.2, 0.25) is 0 Å². The summed E-state index contributed by atoms with van der Waals surface area (Å²) in [7, 11) is 0. The first-order chi connectivity index (χ1) is 13.0. The Morgan fingerprint density at radius 3 is 2.33 bits per heavy atom. The van der Waals surface area contributed by atoms with E-state index >= 15 is 0 Å². The van der Waals surface area contributed by atoms with Crippen LogP contribution in [0.3, 0.4) is 0 Å². The highest BCUT2D eigenvalue weighted by molar-refractivity contribution is 5.30. The molecular formula is C20H24F3N3O. The average molecular weight is 379 g/mol. The van der Waals surface area contributed by atoms with Crippen molar-refractivity contribution < 1.29 is 17.9 Å². The van der Waals surface area contributed by atoms with E-state index in [-0.39, 0.29) is 5.75 Å². The van der Waals surface area contributed by atoms with Crippen LogP contribution in [0.15, 0.2) is 48.7 Å². The Labute approximate surface area is 157 Å². The maximum Gasteiger partial charge on any atom is 0.416 e. The summed E-state index contributed by atoms with van der Waals surface area (Å²) in [4.78, 5) is 9.04. The highest BCUT2D eigenvalue weighted by Gasteiger charge is 2.30. The van der Waals surface area contributed by atoms with Gasteiger partial charge < -0.3 is 9.64 Å². The Bertz CT molecular complexity index is 701. The van der Waals surface area contributed by atoms with Crippen molar-refractivity contribution in [2.24, 2.45) is 0 Å². The normalized spacial score (nSPS) is 16.4. The van der Waals surface area contributed by atoms with Crippen LogP contribution in [0.25, 0.3) is 0 Å². The number of benzene rings is 1. The van der Waals surface area contributed by atoms with Gasteiger partial charge in [-0.05, 0) is 30.3 Å². The predicted octanol–water partition coefficient (Wildman–Crippen LogP) is 3.34. The van der Waals surface area contributed by atoms with Crippen molar-refractivity contribution >= 4 is 0 Å². The highest BCUT2D eigenvalue weighted by atomic mass is 19.4. The van der Waals surface area contributed by atoms with Gasteiger partial charge >= 0.3 is 6.18 Å². The molecule has 4 nitrogen and oxygen atoms in total. The van der Waals surface area contributed by atoms with Gasteiger partial charge in [0.25, 0.3) is 0 Å².